The number of carbonyl (C=O) groups excluding carboxylic acids is 1. The zero-order valence-electron chi connectivity index (χ0n) is 8.28. The van der Waals surface area contributed by atoms with Crippen molar-refractivity contribution in [3.63, 3.8) is 0 Å². The summed E-state index contributed by atoms with van der Waals surface area (Å²) >= 11 is 0. The number of halogens is 1. The van der Waals surface area contributed by atoms with Crippen molar-refractivity contribution in [3.05, 3.63) is 0 Å². The number of esters is 1. The lowest BCUT2D eigenvalue weighted by atomic mass is 10.1. The molecule has 0 saturated carbocycles. The van der Waals surface area contributed by atoms with Crippen molar-refractivity contribution >= 4 is 18.4 Å². The van der Waals surface area contributed by atoms with Crippen LogP contribution in [0.1, 0.15) is 26.7 Å². The van der Waals surface area contributed by atoms with Gasteiger partial charge in [-0.2, -0.15) is 0 Å². The van der Waals surface area contributed by atoms with Gasteiger partial charge in [0.05, 0.1) is 0 Å². The summed E-state index contributed by atoms with van der Waals surface area (Å²) in [6.45, 7) is 6.87. The predicted molar refractivity (Wildman–Crippen MR) is 54.2 cm³/mol. The largest absolute Gasteiger partial charge is 0.462 e. The van der Waals surface area contributed by atoms with Gasteiger partial charge in [0.2, 0.25) is 0 Å². The average Bonchev–Trinajstić information content (AvgIpc) is 2.05. The van der Waals surface area contributed by atoms with E-state index in [0.717, 1.165) is 32.5 Å². The van der Waals surface area contributed by atoms with Gasteiger partial charge in [-0.05, 0) is 19.4 Å². The minimum atomic E-state index is -0.148. The van der Waals surface area contributed by atoms with Crippen LogP contribution in [0.3, 0.4) is 0 Å². The van der Waals surface area contributed by atoms with Crippen LogP contribution in [-0.2, 0) is 9.53 Å². The summed E-state index contributed by atoms with van der Waals surface area (Å²) < 4.78 is 5.12. The molecule has 0 aromatic heterocycles. The molecule has 1 rings (SSSR count). The molecule has 0 amide bonds. The van der Waals surface area contributed by atoms with Crippen LogP contribution in [0.5, 0.6) is 0 Å². The average molecular weight is 208 g/mol. The molecular formula is C9H18ClNO2. The van der Waals surface area contributed by atoms with Crippen molar-refractivity contribution in [2.45, 2.75) is 32.8 Å². The first-order valence-corrected chi connectivity index (χ1v) is 4.62. The van der Waals surface area contributed by atoms with Crippen LogP contribution in [-0.4, -0.2) is 36.6 Å². The molecule has 0 atom stereocenters. The molecule has 1 aliphatic heterocycles. The van der Waals surface area contributed by atoms with E-state index in [1.54, 1.807) is 0 Å². The van der Waals surface area contributed by atoms with Crippen LogP contribution in [0.25, 0.3) is 0 Å². The molecule has 3 nitrogen and oxygen atoms in total. The number of rotatable bonds is 2. The van der Waals surface area contributed by atoms with Crippen LogP contribution in [0, 0.1) is 0 Å². The summed E-state index contributed by atoms with van der Waals surface area (Å²) in [6.07, 6.45) is 2.16. The first-order valence-electron chi connectivity index (χ1n) is 4.62. The number of piperidine rings is 1. The number of ether oxygens (including phenoxy) is 1. The van der Waals surface area contributed by atoms with Gasteiger partial charge in [0.1, 0.15) is 6.10 Å². The van der Waals surface area contributed by atoms with Gasteiger partial charge in [0, 0.05) is 20.0 Å². The van der Waals surface area contributed by atoms with E-state index in [2.05, 4.69) is 11.8 Å². The Morgan fingerprint density at radius 1 is 1.46 bits per heavy atom. The second kappa shape index (κ2) is 6.22. The SMILES string of the molecule is CCN1CCC(OC(C)=O)CC1.Cl. The summed E-state index contributed by atoms with van der Waals surface area (Å²) in [7, 11) is 0. The molecule has 0 unspecified atom stereocenters. The molecule has 78 valence electrons. The quantitative estimate of drug-likeness (QED) is 0.643. The molecule has 1 fully saturated rings. The third-order valence-corrected chi connectivity index (χ3v) is 2.31. The van der Waals surface area contributed by atoms with E-state index in [-0.39, 0.29) is 24.5 Å². The maximum atomic E-state index is 10.6. The van der Waals surface area contributed by atoms with E-state index in [4.69, 9.17) is 4.74 Å². The summed E-state index contributed by atoms with van der Waals surface area (Å²) in [5.41, 5.74) is 0. The van der Waals surface area contributed by atoms with Crippen LogP contribution < -0.4 is 0 Å². The highest BCUT2D eigenvalue weighted by atomic mass is 35.5. The Hall–Kier alpha value is -0.280. The molecule has 0 aromatic carbocycles. The van der Waals surface area contributed by atoms with Crippen molar-refractivity contribution in [3.8, 4) is 0 Å². The van der Waals surface area contributed by atoms with Crippen LogP contribution in [0.15, 0.2) is 0 Å². The van der Waals surface area contributed by atoms with Crippen LogP contribution >= 0.6 is 12.4 Å². The standard InChI is InChI=1S/C9H17NO2.ClH/c1-3-10-6-4-9(5-7-10)12-8(2)11;/h9H,3-7H2,1-2H3;1H. The van der Waals surface area contributed by atoms with E-state index in [1.807, 2.05) is 0 Å². The van der Waals surface area contributed by atoms with E-state index in [1.165, 1.54) is 6.92 Å². The Kier molecular flexibility index (Phi) is 6.08. The highest BCUT2D eigenvalue weighted by molar-refractivity contribution is 5.85. The Morgan fingerprint density at radius 2 is 2.00 bits per heavy atom. The molecule has 0 spiro atoms. The second-order valence-electron chi connectivity index (χ2n) is 3.24. The molecular weight excluding hydrogens is 190 g/mol. The Morgan fingerprint density at radius 3 is 2.38 bits per heavy atom. The minimum Gasteiger partial charge on any atom is -0.462 e. The zero-order valence-corrected chi connectivity index (χ0v) is 9.10. The van der Waals surface area contributed by atoms with Gasteiger partial charge in [-0.25, -0.2) is 0 Å². The lowest BCUT2D eigenvalue weighted by Gasteiger charge is -2.30. The summed E-state index contributed by atoms with van der Waals surface area (Å²) in [6, 6.07) is 0. The lowest BCUT2D eigenvalue weighted by molar-refractivity contribution is -0.148. The van der Waals surface area contributed by atoms with E-state index < -0.39 is 0 Å². The van der Waals surface area contributed by atoms with Crippen molar-refractivity contribution in [2.75, 3.05) is 19.6 Å². The van der Waals surface area contributed by atoms with Crippen LogP contribution in [0.2, 0.25) is 0 Å². The van der Waals surface area contributed by atoms with E-state index in [0.29, 0.717) is 0 Å². The zero-order chi connectivity index (χ0) is 8.97. The molecule has 0 aromatic rings. The van der Waals surface area contributed by atoms with Crippen molar-refractivity contribution in [1.82, 2.24) is 4.90 Å². The van der Waals surface area contributed by atoms with Crippen molar-refractivity contribution in [1.29, 1.82) is 0 Å². The van der Waals surface area contributed by atoms with Gasteiger partial charge in [0.15, 0.2) is 0 Å². The van der Waals surface area contributed by atoms with Gasteiger partial charge in [-0.1, -0.05) is 6.92 Å². The molecule has 0 radical (unpaired) electrons. The van der Waals surface area contributed by atoms with Gasteiger partial charge in [-0.3, -0.25) is 4.79 Å². The van der Waals surface area contributed by atoms with Crippen molar-refractivity contribution < 1.29 is 9.53 Å². The smallest absolute Gasteiger partial charge is 0.302 e. The summed E-state index contributed by atoms with van der Waals surface area (Å²) in [4.78, 5) is 13.0. The fraction of sp³-hybridized carbons (Fsp3) is 0.889. The highest BCUT2D eigenvalue weighted by Gasteiger charge is 2.19. The van der Waals surface area contributed by atoms with E-state index in [9.17, 15) is 4.79 Å². The molecule has 0 aliphatic carbocycles. The number of hydrogen-bond acceptors (Lipinski definition) is 3. The molecule has 4 heteroatoms. The lowest BCUT2D eigenvalue weighted by Crippen LogP contribution is -2.37. The number of hydrogen-bond donors (Lipinski definition) is 0. The fourth-order valence-electron chi connectivity index (χ4n) is 1.58. The summed E-state index contributed by atoms with van der Waals surface area (Å²) in [5.74, 6) is -0.148. The fourth-order valence-corrected chi connectivity index (χ4v) is 1.58. The van der Waals surface area contributed by atoms with Crippen molar-refractivity contribution in [2.24, 2.45) is 0 Å². The maximum absolute atomic E-state index is 10.6. The molecule has 1 saturated heterocycles. The molecule has 0 N–H and O–H groups in total. The topological polar surface area (TPSA) is 29.5 Å². The number of carbonyl (C=O) groups is 1. The second-order valence-corrected chi connectivity index (χ2v) is 3.24. The Balaban J connectivity index is 0.00000144. The summed E-state index contributed by atoms with van der Waals surface area (Å²) in [5, 5.41) is 0. The van der Waals surface area contributed by atoms with Gasteiger partial charge in [0.25, 0.3) is 0 Å². The number of nitrogens with zero attached hydrogens (tertiary/aromatic N) is 1. The third kappa shape index (κ3) is 4.48. The van der Waals surface area contributed by atoms with Gasteiger partial charge < -0.3 is 9.64 Å². The Bertz CT molecular complexity index is 156. The monoisotopic (exact) mass is 207 g/mol. The molecule has 0 bridgehead atoms. The van der Waals surface area contributed by atoms with Gasteiger partial charge in [-0.15, -0.1) is 12.4 Å². The molecule has 1 heterocycles. The first kappa shape index (κ1) is 12.7. The third-order valence-electron chi connectivity index (χ3n) is 2.31. The minimum absolute atomic E-state index is 0. The Labute approximate surface area is 85.8 Å². The van der Waals surface area contributed by atoms with Gasteiger partial charge >= 0.3 is 5.97 Å². The normalized spacial score (nSPS) is 19.2. The van der Waals surface area contributed by atoms with Crippen LogP contribution in [0.4, 0.5) is 0 Å². The molecule has 1 aliphatic rings. The molecule has 13 heavy (non-hydrogen) atoms. The van der Waals surface area contributed by atoms with E-state index >= 15 is 0 Å². The first-order chi connectivity index (χ1) is 5.72. The maximum Gasteiger partial charge on any atom is 0.302 e. The highest BCUT2D eigenvalue weighted by Crippen LogP contribution is 2.12. The number of likely N-dealkylation sites (tertiary alicyclic amines) is 1. The predicted octanol–water partition coefficient (Wildman–Crippen LogP) is 1.46.